The van der Waals surface area contributed by atoms with E-state index >= 15 is 0 Å². The van der Waals surface area contributed by atoms with Crippen molar-refractivity contribution >= 4 is 59.0 Å². The molecule has 0 spiro atoms. The van der Waals surface area contributed by atoms with E-state index in [4.69, 9.17) is 70.3 Å². The fourth-order valence-corrected chi connectivity index (χ4v) is 10.6. The van der Waals surface area contributed by atoms with E-state index in [0.717, 1.165) is 47.0 Å². The van der Waals surface area contributed by atoms with Crippen LogP contribution in [0.3, 0.4) is 0 Å². The summed E-state index contributed by atoms with van der Waals surface area (Å²) in [5.41, 5.74) is -0.425. The Bertz CT molecular complexity index is 1920. The number of fused-ring (bicyclic) bond motifs is 4. The molecular formula is C35H10Na2O8S4. The first-order valence-corrected chi connectivity index (χ1v) is 15.9. The van der Waals surface area contributed by atoms with Gasteiger partial charge in [0.25, 0.3) is 0 Å². The van der Waals surface area contributed by atoms with Crippen LogP contribution in [0.2, 0.25) is 0 Å². The molecule has 49 heavy (non-hydrogen) atoms. The van der Waals surface area contributed by atoms with Crippen molar-refractivity contribution in [1.82, 2.24) is 0 Å². The number of hydrogen-bond acceptors (Lipinski definition) is 12. The van der Waals surface area contributed by atoms with E-state index in [2.05, 4.69) is 47.4 Å². The molecule has 0 fully saturated rings. The van der Waals surface area contributed by atoms with Gasteiger partial charge in [-0.1, -0.05) is 70.7 Å². The molecule has 4 heterocycles. The molecule has 0 saturated carbocycles. The minimum atomic E-state index is -2.19. The first kappa shape index (κ1) is 38.3. The number of benzene rings is 2. The van der Waals surface area contributed by atoms with Gasteiger partial charge in [-0.05, 0) is 29.2 Å². The molecule has 0 unspecified atom stereocenters. The zero-order valence-corrected chi connectivity index (χ0v) is 32.5. The number of aromatic carboxylic acids is 2. The summed E-state index contributed by atoms with van der Waals surface area (Å²) in [6.45, 7) is 0. The number of terminal acetylenes is 8. The molecule has 0 saturated heterocycles. The molecule has 0 amide bonds. The average Bonchev–Trinajstić information content (AvgIpc) is 3.85. The van der Waals surface area contributed by atoms with Crippen LogP contribution in [0.25, 0.3) is 0 Å². The van der Waals surface area contributed by atoms with Gasteiger partial charge < -0.3 is 38.7 Å². The maximum absolute atomic E-state index is 12.7. The molecule has 4 aliphatic heterocycles. The fourth-order valence-electron chi connectivity index (χ4n) is 4.98. The number of carbonyl (C=O) groups excluding carboxylic acids is 2. The zero-order valence-electron chi connectivity index (χ0n) is 25.2. The van der Waals surface area contributed by atoms with Crippen molar-refractivity contribution < 1.29 is 97.9 Å². The maximum atomic E-state index is 12.7. The van der Waals surface area contributed by atoms with Crippen LogP contribution < -0.4 is 88.3 Å². The van der Waals surface area contributed by atoms with Crippen molar-refractivity contribution in [3.8, 4) is 122 Å². The normalized spacial score (nSPS) is 17.5. The van der Waals surface area contributed by atoms with E-state index in [-0.39, 0.29) is 98.0 Å². The molecule has 6 rings (SSSR count). The quantitative estimate of drug-likeness (QED) is 0.224. The van der Waals surface area contributed by atoms with Crippen LogP contribution in [0.15, 0.2) is 19.6 Å². The topological polar surface area (TPSA) is 117 Å². The second kappa shape index (κ2) is 13.3. The Balaban J connectivity index is 0.00000270. The summed E-state index contributed by atoms with van der Waals surface area (Å²) >= 11 is 3.97. The standard InChI is InChI=1S/C35H12O8S4.2Na/c1-9-32(10-2)40-22-18(23-25(20(30(36)37)24(22)42-32)43-33(11-3,12-4)41-23)17-19-26-28(46-34(13-5,14-6)44-26)21(31(38)39)29-27(19)45-35(15-7,16-8)47-29;;/h1-8H,17H2,(H,36,37)(H,38,39);;/q;2*+1/p-2. The van der Waals surface area contributed by atoms with Gasteiger partial charge in [-0.2, -0.15) is 0 Å². The SMILES string of the molecule is C#CC1(C#C)Oc2c(Cc3c4c(c(C(=O)[O-])c5c3SC(C#C)(C#C)S5)SC(C#C)(C#C)S4)c3c(c(C(=O)[O-])c2O1)OC(C#C)(C#C)O3.[Na+].[Na+]. The molecule has 8 nitrogen and oxygen atoms in total. The number of carbonyl (C=O) groups is 2. The minimum absolute atomic E-state index is 0. The van der Waals surface area contributed by atoms with Gasteiger partial charge in [-0.15, -0.1) is 51.4 Å². The van der Waals surface area contributed by atoms with Gasteiger partial charge in [0, 0.05) is 37.1 Å². The third-order valence-corrected chi connectivity index (χ3v) is 13.0. The van der Waals surface area contributed by atoms with Crippen LogP contribution in [0.4, 0.5) is 0 Å². The Morgan fingerprint density at radius 1 is 0.510 bits per heavy atom. The summed E-state index contributed by atoms with van der Waals surface area (Å²) in [7, 11) is 0. The third-order valence-electron chi connectivity index (χ3n) is 7.08. The largest absolute Gasteiger partial charge is 1.00 e. The molecule has 4 aliphatic rings. The molecular weight excluding hydrogens is 723 g/mol. The summed E-state index contributed by atoms with van der Waals surface area (Å²) in [5, 5.41) is 25.2. The number of ether oxygens (including phenoxy) is 4. The van der Waals surface area contributed by atoms with Gasteiger partial charge in [-0.25, -0.2) is 0 Å². The minimum Gasteiger partial charge on any atom is -0.545 e. The summed E-state index contributed by atoms with van der Waals surface area (Å²) in [5.74, 6) is 9.83. The Kier molecular flexibility index (Phi) is 10.4. The molecule has 0 N–H and O–H groups in total. The zero-order chi connectivity index (χ0) is 34.1. The van der Waals surface area contributed by atoms with Crippen molar-refractivity contribution in [2.75, 3.05) is 0 Å². The molecule has 2 aromatic rings. The van der Waals surface area contributed by atoms with Crippen LogP contribution >= 0.6 is 47.0 Å². The second-order valence-corrected chi connectivity index (χ2v) is 14.9. The van der Waals surface area contributed by atoms with E-state index in [9.17, 15) is 19.8 Å². The van der Waals surface area contributed by atoms with E-state index in [1.54, 1.807) is 0 Å². The molecule has 0 aliphatic carbocycles. The van der Waals surface area contributed by atoms with Crippen LogP contribution in [0, 0.1) is 98.8 Å². The molecule has 14 heteroatoms. The Morgan fingerprint density at radius 3 is 1.14 bits per heavy atom. The van der Waals surface area contributed by atoms with Gasteiger partial charge in [0.1, 0.15) is 0 Å². The van der Waals surface area contributed by atoms with E-state index in [1.807, 2.05) is 0 Å². The molecule has 0 atom stereocenters. The van der Waals surface area contributed by atoms with Crippen molar-refractivity contribution in [1.29, 1.82) is 0 Å². The monoisotopic (exact) mass is 732 g/mol. The number of thioether (sulfide) groups is 4. The van der Waals surface area contributed by atoms with Crippen LogP contribution in [0.1, 0.15) is 31.8 Å². The van der Waals surface area contributed by atoms with Crippen molar-refractivity contribution in [2.45, 2.75) is 45.7 Å². The van der Waals surface area contributed by atoms with E-state index in [1.165, 1.54) is 0 Å². The maximum Gasteiger partial charge on any atom is 1.00 e. The van der Waals surface area contributed by atoms with Gasteiger partial charge in [0.15, 0.2) is 31.2 Å². The number of rotatable bonds is 4. The summed E-state index contributed by atoms with van der Waals surface area (Å²) in [4.78, 5) is 26.3. The predicted molar refractivity (Wildman–Crippen MR) is 172 cm³/mol. The number of hydrogen-bond donors (Lipinski definition) is 0. The van der Waals surface area contributed by atoms with Gasteiger partial charge in [0.2, 0.25) is 0 Å². The second-order valence-electron chi connectivity index (χ2n) is 9.53. The average molecular weight is 733 g/mol. The summed E-state index contributed by atoms with van der Waals surface area (Å²) in [6, 6.07) is 0. The smallest absolute Gasteiger partial charge is 0.545 e. The van der Waals surface area contributed by atoms with Gasteiger partial charge in [-0.3, -0.25) is 0 Å². The van der Waals surface area contributed by atoms with Crippen molar-refractivity contribution in [3.63, 3.8) is 0 Å². The molecule has 0 aromatic heterocycles. The van der Waals surface area contributed by atoms with Gasteiger partial charge >= 0.3 is 70.7 Å². The number of carboxylic acid groups (broad SMARTS) is 2. The summed E-state index contributed by atoms with van der Waals surface area (Å²) in [6.07, 6.45) is 45.7. The van der Waals surface area contributed by atoms with E-state index < -0.39 is 48.7 Å². The van der Waals surface area contributed by atoms with Crippen LogP contribution in [-0.2, 0) is 6.42 Å². The Labute approximate surface area is 343 Å². The first-order chi connectivity index (χ1) is 22.4. The fraction of sp³-hybridized carbons (Fsp3) is 0.143. The first-order valence-electron chi connectivity index (χ1n) is 12.6. The molecule has 224 valence electrons. The van der Waals surface area contributed by atoms with Crippen LogP contribution in [-0.4, -0.2) is 31.7 Å². The molecule has 2 aromatic carbocycles. The Morgan fingerprint density at radius 2 is 0.837 bits per heavy atom. The van der Waals surface area contributed by atoms with Crippen molar-refractivity contribution in [2.24, 2.45) is 0 Å². The third kappa shape index (κ3) is 5.52. The molecule has 0 radical (unpaired) electrons. The van der Waals surface area contributed by atoms with E-state index in [0.29, 0.717) is 15.4 Å². The number of carboxylic acids is 2. The Hall–Kier alpha value is -3.54. The van der Waals surface area contributed by atoms with Crippen molar-refractivity contribution in [3.05, 3.63) is 22.3 Å². The van der Waals surface area contributed by atoms with Gasteiger partial charge in [0.05, 0.1) is 17.5 Å². The predicted octanol–water partition coefficient (Wildman–Crippen LogP) is -4.20. The van der Waals surface area contributed by atoms with Crippen LogP contribution in [0.5, 0.6) is 23.0 Å². The summed E-state index contributed by atoms with van der Waals surface area (Å²) < 4.78 is 20.6. The molecule has 0 bridgehead atoms.